The van der Waals surface area contributed by atoms with Gasteiger partial charge in [0.15, 0.2) is 0 Å². The number of hydrogen-bond donors (Lipinski definition) is 2. The summed E-state index contributed by atoms with van der Waals surface area (Å²) in [6.07, 6.45) is 8.16. The van der Waals surface area contributed by atoms with Crippen LogP contribution in [0.5, 0.6) is 0 Å². The Kier molecular flexibility index (Phi) is 3.28. The Labute approximate surface area is 138 Å². The summed E-state index contributed by atoms with van der Waals surface area (Å²) in [6, 6.07) is 4.03. The Morgan fingerprint density at radius 1 is 1.58 bits per heavy atom. The molecule has 1 fully saturated rings. The minimum Gasteiger partial charge on any atom is -0.376 e. The van der Waals surface area contributed by atoms with E-state index >= 15 is 0 Å². The van der Waals surface area contributed by atoms with Gasteiger partial charge in [-0.15, -0.1) is 0 Å². The monoisotopic (exact) mass is 323 g/mol. The van der Waals surface area contributed by atoms with E-state index < -0.39 is 5.54 Å². The molecule has 122 valence electrons. The molecule has 4 rings (SSSR count). The van der Waals surface area contributed by atoms with E-state index in [1.807, 2.05) is 25.4 Å². The quantitative estimate of drug-likeness (QED) is 0.796. The molecule has 0 radical (unpaired) electrons. The zero-order valence-electron chi connectivity index (χ0n) is 13.2. The standard InChI is InChI=1S/C17H17N5O2/c1-22-8-13(7-19-22)17(9-24-10-17)21-16(23)15-5-12-4-11(6-18)2-3-14(12)20-15/h3-5,7-8,11,20H,2,9-10H2,1H3,(H,21,23). The average molecular weight is 323 g/mol. The fourth-order valence-corrected chi connectivity index (χ4v) is 3.11. The maximum absolute atomic E-state index is 12.7. The predicted molar refractivity (Wildman–Crippen MR) is 85.9 cm³/mol. The van der Waals surface area contributed by atoms with Crippen molar-refractivity contribution in [3.05, 3.63) is 40.3 Å². The van der Waals surface area contributed by atoms with Crippen LogP contribution in [0.2, 0.25) is 0 Å². The summed E-state index contributed by atoms with van der Waals surface area (Å²) in [4.78, 5) is 15.8. The normalized spacial score (nSPS) is 20.8. The largest absolute Gasteiger partial charge is 0.376 e. The highest BCUT2D eigenvalue weighted by Crippen LogP contribution is 2.29. The third-order valence-electron chi connectivity index (χ3n) is 4.55. The van der Waals surface area contributed by atoms with Gasteiger partial charge in [-0.25, -0.2) is 0 Å². The SMILES string of the molecule is Cn1cc(C2(NC(=O)c3cc4c([nH]3)=CCC(C#N)C=4)COC2)cn1. The molecule has 1 saturated heterocycles. The number of carbonyl (C=O) groups is 1. The summed E-state index contributed by atoms with van der Waals surface area (Å²) in [5.41, 5.74) is 0.893. The van der Waals surface area contributed by atoms with Crippen molar-refractivity contribution in [2.24, 2.45) is 13.0 Å². The average Bonchev–Trinajstić information content (AvgIpc) is 3.16. The number of fused-ring (bicyclic) bond motifs is 1. The van der Waals surface area contributed by atoms with Gasteiger partial charge in [0.2, 0.25) is 0 Å². The van der Waals surface area contributed by atoms with E-state index in [9.17, 15) is 4.79 Å². The molecule has 1 amide bonds. The van der Waals surface area contributed by atoms with Crippen LogP contribution in [-0.2, 0) is 17.3 Å². The van der Waals surface area contributed by atoms with Crippen LogP contribution in [0.3, 0.4) is 0 Å². The van der Waals surface area contributed by atoms with Gasteiger partial charge in [-0.2, -0.15) is 10.4 Å². The summed E-state index contributed by atoms with van der Waals surface area (Å²) in [7, 11) is 1.84. The summed E-state index contributed by atoms with van der Waals surface area (Å²) in [5, 5.41) is 18.1. The van der Waals surface area contributed by atoms with Gasteiger partial charge in [0.05, 0.1) is 31.4 Å². The van der Waals surface area contributed by atoms with Crippen molar-refractivity contribution < 1.29 is 9.53 Å². The molecule has 2 aromatic heterocycles. The van der Waals surface area contributed by atoms with Crippen LogP contribution in [0.4, 0.5) is 0 Å². The third kappa shape index (κ3) is 2.32. The third-order valence-corrected chi connectivity index (χ3v) is 4.55. The molecular formula is C17H17N5O2. The maximum Gasteiger partial charge on any atom is 0.268 e. The lowest BCUT2D eigenvalue weighted by molar-refractivity contribution is -0.0734. The number of H-pyrrole nitrogens is 1. The highest BCUT2D eigenvalue weighted by atomic mass is 16.5. The van der Waals surface area contributed by atoms with Crippen LogP contribution in [0.25, 0.3) is 12.2 Å². The van der Waals surface area contributed by atoms with E-state index in [4.69, 9.17) is 10.00 Å². The number of nitriles is 1. The van der Waals surface area contributed by atoms with Crippen LogP contribution in [0.1, 0.15) is 22.5 Å². The number of carbonyl (C=O) groups excluding carboxylic acids is 1. The number of nitrogens with one attached hydrogen (secondary N) is 2. The number of nitrogens with zero attached hydrogens (tertiary/aromatic N) is 3. The minimum absolute atomic E-state index is 0.133. The first-order valence-electron chi connectivity index (χ1n) is 7.80. The molecule has 2 N–H and O–H groups in total. The van der Waals surface area contributed by atoms with E-state index in [0.717, 1.165) is 16.1 Å². The number of ether oxygens (including phenoxy) is 1. The lowest BCUT2D eigenvalue weighted by Gasteiger charge is -2.41. The van der Waals surface area contributed by atoms with Gasteiger partial charge >= 0.3 is 0 Å². The van der Waals surface area contributed by atoms with Gasteiger partial charge in [0.25, 0.3) is 5.91 Å². The van der Waals surface area contributed by atoms with Crippen molar-refractivity contribution in [2.75, 3.05) is 13.2 Å². The Morgan fingerprint density at radius 3 is 3.04 bits per heavy atom. The Bertz CT molecular complexity index is 958. The number of hydrogen-bond acceptors (Lipinski definition) is 4. The van der Waals surface area contributed by atoms with Gasteiger partial charge in [-0.05, 0) is 17.7 Å². The molecule has 1 atom stereocenters. The topological polar surface area (TPSA) is 95.7 Å². The molecule has 1 aliphatic heterocycles. The van der Waals surface area contributed by atoms with E-state index in [1.165, 1.54) is 0 Å². The molecule has 0 spiro atoms. The molecule has 7 nitrogen and oxygen atoms in total. The number of aromatic amines is 1. The highest BCUT2D eigenvalue weighted by molar-refractivity contribution is 5.93. The molecule has 2 aromatic rings. The summed E-state index contributed by atoms with van der Waals surface area (Å²) < 4.78 is 7.05. The predicted octanol–water partition coefficient (Wildman–Crippen LogP) is -0.492. The molecule has 0 bridgehead atoms. The van der Waals surface area contributed by atoms with Gasteiger partial charge in [-0.1, -0.05) is 12.2 Å². The van der Waals surface area contributed by atoms with Gasteiger partial charge < -0.3 is 15.0 Å². The zero-order chi connectivity index (χ0) is 16.7. The second-order valence-electron chi connectivity index (χ2n) is 6.33. The molecule has 1 unspecified atom stereocenters. The first kappa shape index (κ1) is 14.7. The first-order valence-corrected chi connectivity index (χ1v) is 7.80. The molecule has 2 aliphatic rings. The lowest BCUT2D eigenvalue weighted by Crippen LogP contribution is -2.59. The van der Waals surface area contributed by atoms with Crippen LogP contribution in [0.15, 0.2) is 18.5 Å². The Balaban J connectivity index is 1.62. The number of amides is 1. The van der Waals surface area contributed by atoms with E-state index in [2.05, 4.69) is 21.5 Å². The Hall–Kier alpha value is -2.85. The molecule has 0 saturated carbocycles. The number of aryl methyl sites for hydroxylation is 1. The first-order chi connectivity index (χ1) is 11.6. The van der Waals surface area contributed by atoms with Crippen molar-refractivity contribution in [1.29, 1.82) is 5.26 Å². The molecule has 1 aliphatic carbocycles. The summed E-state index contributed by atoms with van der Waals surface area (Å²) >= 11 is 0. The van der Waals surface area contributed by atoms with E-state index in [0.29, 0.717) is 25.3 Å². The van der Waals surface area contributed by atoms with Crippen molar-refractivity contribution in [1.82, 2.24) is 20.1 Å². The van der Waals surface area contributed by atoms with Crippen molar-refractivity contribution in [3.63, 3.8) is 0 Å². The van der Waals surface area contributed by atoms with Crippen molar-refractivity contribution in [2.45, 2.75) is 12.0 Å². The van der Waals surface area contributed by atoms with Crippen LogP contribution < -0.4 is 15.9 Å². The van der Waals surface area contributed by atoms with Crippen molar-refractivity contribution >= 4 is 18.1 Å². The summed E-state index contributed by atoms with van der Waals surface area (Å²) in [5.74, 6) is -0.321. The van der Waals surface area contributed by atoms with E-state index in [-0.39, 0.29) is 11.8 Å². The molecular weight excluding hydrogens is 306 g/mol. The van der Waals surface area contributed by atoms with E-state index in [1.54, 1.807) is 16.9 Å². The second-order valence-corrected chi connectivity index (χ2v) is 6.33. The maximum atomic E-state index is 12.7. The van der Waals surface area contributed by atoms with Gasteiger partial charge in [0.1, 0.15) is 11.2 Å². The van der Waals surface area contributed by atoms with Gasteiger partial charge in [-0.3, -0.25) is 9.48 Å². The van der Waals surface area contributed by atoms with Crippen LogP contribution in [-0.4, -0.2) is 33.9 Å². The molecule has 24 heavy (non-hydrogen) atoms. The van der Waals surface area contributed by atoms with Crippen LogP contribution >= 0.6 is 0 Å². The van der Waals surface area contributed by atoms with Crippen molar-refractivity contribution in [3.8, 4) is 6.07 Å². The number of rotatable bonds is 3. The lowest BCUT2D eigenvalue weighted by atomic mass is 9.90. The minimum atomic E-state index is -0.528. The van der Waals surface area contributed by atoms with Crippen LogP contribution in [0, 0.1) is 17.2 Å². The second kappa shape index (κ2) is 5.35. The molecule has 7 heteroatoms. The van der Waals surface area contributed by atoms with Gasteiger partial charge in [0, 0.05) is 24.2 Å². The fourth-order valence-electron chi connectivity index (χ4n) is 3.11. The Morgan fingerprint density at radius 2 is 2.42 bits per heavy atom. The fraction of sp³-hybridized carbons (Fsp3) is 0.353. The summed E-state index contributed by atoms with van der Waals surface area (Å²) in [6.45, 7) is 0.860. The zero-order valence-corrected chi connectivity index (χ0v) is 13.2. The highest BCUT2D eigenvalue weighted by Gasteiger charge is 2.43. The molecule has 0 aromatic carbocycles. The molecule has 3 heterocycles. The smallest absolute Gasteiger partial charge is 0.268 e. The number of aromatic nitrogens is 3.